The maximum atomic E-state index is 13.2. The Hall–Kier alpha value is -1.42. The van der Waals surface area contributed by atoms with Crippen LogP contribution in [0.15, 0.2) is 42.7 Å². The fourth-order valence-corrected chi connectivity index (χ4v) is 1.75. The van der Waals surface area contributed by atoms with Gasteiger partial charge in [0.15, 0.2) is 0 Å². The van der Waals surface area contributed by atoms with E-state index in [1.807, 2.05) is 18.2 Å². The Balaban J connectivity index is 2.06. The van der Waals surface area contributed by atoms with E-state index in [0.29, 0.717) is 17.7 Å². The normalized spacial score (nSPS) is 10.2. The summed E-state index contributed by atoms with van der Waals surface area (Å²) in [6.45, 7) is 0.410. The van der Waals surface area contributed by atoms with Gasteiger partial charge in [-0.05, 0) is 35.4 Å². The third-order valence-corrected chi connectivity index (χ3v) is 2.89. The number of pyridine rings is 1. The Kier molecular flexibility index (Phi) is 4.09. The van der Waals surface area contributed by atoms with Crippen LogP contribution >= 0.6 is 15.9 Å². The summed E-state index contributed by atoms with van der Waals surface area (Å²) in [7, 11) is 0. The molecular weight excluding hydrogens is 285 g/mol. The number of ether oxygens (including phenoxy) is 1. The average Bonchev–Trinajstić information content (AvgIpc) is 2.37. The second kappa shape index (κ2) is 5.77. The van der Waals surface area contributed by atoms with Crippen molar-refractivity contribution in [3.8, 4) is 5.75 Å². The molecule has 0 bridgehead atoms. The zero-order valence-electron chi connectivity index (χ0n) is 9.07. The van der Waals surface area contributed by atoms with E-state index in [1.165, 1.54) is 12.1 Å². The molecule has 0 aliphatic carbocycles. The number of aromatic nitrogens is 1. The highest BCUT2D eigenvalue weighted by atomic mass is 79.9. The SMILES string of the molecule is Fc1cc(CBr)cc(OCc2ccncc2)c1. The summed E-state index contributed by atoms with van der Waals surface area (Å²) < 4.78 is 18.8. The van der Waals surface area contributed by atoms with Gasteiger partial charge in [-0.1, -0.05) is 15.9 Å². The van der Waals surface area contributed by atoms with Crippen LogP contribution in [-0.2, 0) is 11.9 Å². The molecule has 88 valence electrons. The van der Waals surface area contributed by atoms with Gasteiger partial charge in [-0.25, -0.2) is 4.39 Å². The van der Waals surface area contributed by atoms with Crippen LogP contribution < -0.4 is 4.74 Å². The van der Waals surface area contributed by atoms with Crippen LogP contribution in [0, 0.1) is 5.82 Å². The highest BCUT2D eigenvalue weighted by Gasteiger charge is 2.01. The molecule has 2 nitrogen and oxygen atoms in total. The van der Waals surface area contributed by atoms with Crippen molar-refractivity contribution in [2.24, 2.45) is 0 Å². The van der Waals surface area contributed by atoms with Gasteiger partial charge in [0.1, 0.15) is 18.2 Å². The molecule has 0 atom stereocenters. The van der Waals surface area contributed by atoms with Crippen molar-refractivity contribution < 1.29 is 9.13 Å². The molecule has 2 aromatic rings. The first-order valence-corrected chi connectivity index (χ1v) is 6.27. The lowest BCUT2D eigenvalue weighted by molar-refractivity contribution is 0.304. The highest BCUT2D eigenvalue weighted by Crippen LogP contribution is 2.19. The molecule has 1 heterocycles. The summed E-state index contributed by atoms with van der Waals surface area (Å²) >= 11 is 3.29. The Morgan fingerprint density at radius 3 is 2.59 bits per heavy atom. The average molecular weight is 296 g/mol. The molecule has 0 unspecified atom stereocenters. The van der Waals surface area contributed by atoms with Gasteiger partial charge in [0.25, 0.3) is 0 Å². The van der Waals surface area contributed by atoms with Crippen molar-refractivity contribution in [3.63, 3.8) is 0 Å². The quantitative estimate of drug-likeness (QED) is 0.803. The minimum atomic E-state index is -0.285. The van der Waals surface area contributed by atoms with Crippen LogP contribution in [0.5, 0.6) is 5.75 Å². The van der Waals surface area contributed by atoms with Crippen LogP contribution in [0.1, 0.15) is 11.1 Å². The topological polar surface area (TPSA) is 22.1 Å². The predicted octanol–water partition coefficient (Wildman–Crippen LogP) is 3.69. The third-order valence-electron chi connectivity index (χ3n) is 2.24. The molecule has 0 saturated carbocycles. The Morgan fingerprint density at radius 2 is 1.88 bits per heavy atom. The minimum Gasteiger partial charge on any atom is -0.489 e. The van der Waals surface area contributed by atoms with Crippen LogP contribution in [0.4, 0.5) is 4.39 Å². The van der Waals surface area contributed by atoms with Gasteiger partial charge in [0, 0.05) is 23.8 Å². The minimum absolute atomic E-state index is 0.285. The Morgan fingerprint density at radius 1 is 1.12 bits per heavy atom. The molecule has 0 aliphatic rings. The zero-order chi connectivity index (χ0) is 12.1. The maximum Gasteiger partial charge on any atom is 0.127 e. The van der Waals surface area contributed by atoms with Gasteiger partial charge in [0.2, 0.25) is 0 Å². The van der Waals surface area contributed by atoms with E-state index in [9.17, 15) is 4.39 Å². The first-order valence-electron chi connectivity index (χ1n) is 5.15. The van der Waals surface area contributed by atoms with Crippen LogP contribution in [0.3, 0.4) is 0 Å². The third kappa shape index (κ3) is 3.53. The number of alkyl halides is 1. The van der Waals surface area contributed by atoms with E-state index < -0.39 is 0 Å². The number of nitrogens with zero attached hydrogens (tertiary/aromatic N) is 1. The van der Waals surface area contributed by atoms with Gasteiger partial charge in [0.05, 0.1) is 0 Å². The first-order chi connectivity index (χ1) is 8.28. The van der Waals surface area contributed by atoms with Gasteiger partial charge in [-0.3, -0.25) is 4.98 Å². The largest absolute Gasteiger partial charge is 0.489 e. The maximum absolute atomic E-state index is 13.2. The second-order valence-electron chi connectivity index (χ2n) is 3.57. The number of benzene rings is 1. The molecule has 0 amide bonds. The summed E-state index contributed by atoms with van der Waals surface area (Å²) in [6, 6.07) is 8.41. The lowest BCUT2D eigenvalue weighted by Crippen LogP contribution is -1.96. The van der Waals surface area contributed by atoms with Crippen molar-refractivity contribution in [1.29, 1.82) is 0 Å². The van der Waals surface area contributed by atoms with E-state index in [-0.39, 0.29) is 5.82 Å². The molecule has 17 heavy (non-hydrogen) atoms. The van der Waals surface area contributed by atoms with Crippen LogP contribution in [-0.4, -0.2) is 4.98 Å². The molecule has 0 radical (unpaired) electrons. The molecule has 0 saturated heterocycles. The standard InChI is InChI=1S/C13H11BrFNO/c14-8-11-5-12(15)7-13(6-11)17-9-10-1-3-16-4-2-10/h1-7H,8-9H2. The van der Waals surface area contributed by atoms with Crippen molar-refractivity contribution >= 4 is 15.9 Å². The summed E-state index contributed by atoms with van der Waals surface area (Å²) in [6.07, 6.45) is 3.41. The molecular formula is C13H11BrFNO. The van der Waals surface area contributed by atoms with Crippen molar-refractivity contribution in [3.05, 3.63) is 59.7 Å². The van der Waals surface area contributed by atoms with E-state index >= 15 is 0 Å². The van der Waals surface area contributed by atoms with Gasteiger partial charge >= 0.3 is 0 Å². The number of hydrogen-bond acceptors (Lipinski definition) is 2. The number of halogens is 2. The van der Waals surface area contributed by atoms with Crippen molar-refractivity contribution in [2.45, 2.75) is 11.9 Å². The molecule has 2 rings (SSSR count). The fourth-order valence-electron chi connectivity index (χ4n) is 1.43. The molecule has 4 heteroatoms. The lowest BCUT2D eigenvalue weighted by Gasteiger charge is -2.07. The monoisotopic (exact) mass is 295 g/mol. The van der Waals surface area contributed by atoms with Crippen molar-refractivity contribution in [1.82, 2.24) is 4.98 Å². The predicted molar refractivity (Wildman–Crippen MR) is 67.6 cm³/mol. The Bertz CT molecular complexity index is 490. The van der Waals surface area contributed by atoms with Gasteiger partial charge < -0.3 is 4.74 Å². The molecule has 0 spiro atoms. The molecule has 0 fully saturated rings. The summed E-state index contributed by atoms with van der Waals surface area (Å²) in [4.78, 5) is 3.92. The molecule has 0 aliphatic heterocycles. The van der Waals surface area contributed by atoms with E-state index in [4.69, 9.17) is 4.74 Å². The smallest absolute Gasteiger partial charge is 0.127 e. The fraction of sp³-hybridized carbons (Fsp3) is 0.154. The second-order valence-corrected chi connectivity index (χ2v) is 4.13. The van der Waals surface area contributed by atoms with Gasteiger partial charge in [-0.2, -0.15) is 0 Å². The van der Waals surface area contributed by atoms with Crippen molar-refractivity contribution in [2.75, 3.05) is 0 Å². The molecule has 0 N–H and O–H groups in total. The lowest BCUT2D eigenvalue weighted by atomic mass is 10.2. The summed E-state index contributed by atoms with van der Waals surface area (Å²) in [5.41, 5.74) is 1.86. The van der Waals surface area contributed by atoms with Crippen LogP contribution in [0.25, 0.3) is 0 Å². The number of hydrogen-bond donors (Lipinski definition) is 0. The van der Waals surface area contributed by atoms with Crippen LogP contribution in [0.2, 0.25) is 0 Å². The molecule has 1 aromatic carbocycles. The van der Waals surface area contributed by atoms with E-state index in [1.54, 1.807) is 12.4 Å². The van der Waals surface area contributed by atoms with E-state index in [0.717, 1.165) is 11.1 Å². The number of rotatable bonds is 4. The molecule has 1 aromatic heterocycles. The summed E-state index contributed by atoms with van der Waals surface area (Å²) in [5, 5.41) is 0.608. The van der Waals surface area contributed by atoms with E-state index in [2.05, 4.69) is 20.9 Å². The zero-order valence-corrected chi connectivity index (χ0v) is 10.7. The first kappa shape index (κ1) is 12.0. The Labute approximate surface area is 108 Å². The summed E-state index contributed by atoms with van der Waals surface area (Å²) in [5.74, 6) is 0.253. The van der Waals surface area contributed by atoms with Gasteiger partial charge in [-0.15, -0.1) is 0 Å². The highest BCUT2D eigenvalue weighted by molar-refractivity contribution is 9.08.